The number of hydrogen-bond acceptors (Lipinski definition) is 5. The summed E-state index contributed by atoms with van der Waals surface area (Å²) in [5.41, 5.74) is 2.75. The first-order valence-electron chi connectivity index (χ1n) is 10.4. The van der Waals surface area contributed by atoms with Crippen LogP contribution in [0.4, 0.5) is 4.79 Å². The molecular weight excluding hydrogens is 342 g/mol. The van der Waals surface area contributed by atoms with Crippen molar-refractivity contribution >= 4 is 6.09 Å². The van der Waals surface area contributed by atoms with Crippen molar-refractivity contribution in [3.8, 4) is 5.75 Å². The molecule has 3 aliphatic rings. The first-order chi connectivity index (χ1) is 13.2. The van der Waals surface area contributed by atoms with Crippen LogP contribution in [0.5, 0.6) is 5.75 Å². The molecule has 1 aromatic rings. The van der Waals surface area contributed by atoms with E-state index in [9.17, 15) is 4.79 Å². The molecule has 148 valence electrons. The third kappa shape index (κ3) is 4.38. The van der Waals surface area contributed by atoms with Crippen LogP contribution in [0.25, 0.3) is 0 Å². The molecule has 6 nitrogen and oxygen atoms in total. The van der Waals surface area contributed by atoms with Crippen LogP contribution in [-0.4, -0.2) is 79.3 Å². The summed E-state index contributed by atoms with van der Waals surface area (Å²) in [7, 11) is 0. The van der Waals surface area contributed by atoms with Crippen molar-refractivity contribution in [3.05, 3.63) is 29.3 Å². The highest BCUT2D eigenvalue weighted by molar-refractivity contribution is 5.67. The second-order valence-corrected chi connectivity index (χ2v) is 7.79. The van der Waals surface area contributed by atoms with E-state index in [1.165, 1.54) is 30.5 Å². The fourth-order valence-corrected chi connectivity index (χ4v) is 4.55. The lowest BCUT2D eigenvalue weighted by molar-refractivity contribution is 0.0412. The molecule has 6 heteroatoms. The first kappa shape index (κ1) is 18.6. The lowest BCUT2D eigenvalue weighted by Crippen LogP contribution is -2.55. The lowest BCUT2D eigenvalue weighted by Gasteiger charge is -2.43. The zero-order chi connectivity index (χ0) is 18.6. The van der Waals surface area contributed by atoms with E-state index in [2.05, 4.69) is 28.0 Å². The van der Waals surface area contributed by atoms with Crippen molar-refractivity contribution in [2.75, 3.05) is 52.5 Å². The second kappa shape index (κ2) is 8.48. The average Bonchev–Trinajstić information content (AvgIpc) is 3.16. The van der Waals surface area contributed by atoms with Gasteiger partial charge in [0.05, 0.1) is 13.2 Å². The Labute approximate surface area is 162 Å². The van der Waals surface area contributed by atoms with Crippen LogP contribution in [0.1, 0.15) is 30.9 Å². The maximum Gasteiger partial charge on any atom is 0.409 e. The van der Waals surface area contributed by atoms with Crippen molar-refractivity contribution in [3.63, 3.8) is 0 Å². The number of carbonyl (C=O) groups excluding carboxylic acids is 1. The van der Waals surface area contributed by atoms with E-state index >= 15 is 0 Å². The number of nitrogens with zero attached hydrogens (tertiary/aromatic N) is 3. The SMILES string of the molecule is CCOC(=O)N1CCN([C@H]2CCCN(Cc3ccc4c(c3)CCO4)C2)CC1. The van der Waals surface area contributed by atoms with Gasteiger partial charge in [-0.25, -0.2) is 4.79 Å². The average molecular weight is 373 g/mol. The molecule has 0 N–H and O–H groups in total. The van der Waals surface area contributed by atoms with Gasteiger partial charge in [0.15, 0.2) is 0 Å². The molecule has 0 unspecified atom stereocenters. The van der Waals surface area contributed by atoms with E-state index in [0.29, 0.717) is 12.6 Å². The highest BCUT2D eigenvalue weighted by atomic mass is 16.6. The van der Waals surface area contributed by atoms with Crippen molar-refractivity contribution < 1.29 is 14.3 Å². The van der Waals surface area contributed by atoms with Gasteiger partial charge in [-0.2, -0.15) is 0 Å². The summed E-state index contributed by atoms with van der Waals surface area (Å²) in [4.78, 5) is 18.9. The highest BCUT2D eigenvalue weighted by Gasteiger charge is 2.29. The monoisotopic (exact) mass is 373 g/mol. The maximum absolute atomic E-state index is 11.9. The summed E-state index contributed by atoms with van der Waals surface area (Å²) in [6, 6.07) is 7.27. The van der Waals surface area contributed by atoms with Crippen molar-refractivity contribution in [2.24, 2.45) is 0 Å². The van der Waals surface area contributed by atoms with Gasteiger partial charge in [0.2, 0.25) is 0 Å². The number of carbonyl (C=O) groups is 1. The second-order valence-electron chi connectivity index (χ2n) is 7.79. The van der Waals surface area contributed by atoms with Gasteiger partial charge in [0.1, 0.15) is 5.75 Å². The highest BCUT2D eigenvalue weighted by Crippen LogP contribution is 2.27. The van der Waals surface area contributed by atoms with Crippen LogP contribution in [-0.2, 0) is 17.7 Å². The number of amides is 1. The largest absolute Gasteiger partial charge is 0.493 e. The summed E-state index contributed by atoms with van der Waals surface area (Å²) in [5.74, 6) is 1.06. The van der Waals surface area contributed by atoms with Gasteiger partial charge in [-0.15, -0.1) is 0 Å². The van der Waals surface area contributed by atoms with Gasteiger partial charge < -0.3 is 14.4 Å². The molecule has 3 heterocycles. The third-order valence-electron chi connectivity index (χ3n) is 6.00. The number of hydrogen-bond donors (Lipinski definition) is 0. The number of piperazine rings is 1. The Bertz CT molecular complexity index is 658. The van der Waals surface area contributed by atoms with Crippen molar-refractivity contribution in [1.82, 2.24) is 14.7 Å². The minimum atomic E-state index is -0.164. The van der Waals surface area contributed by atoms with Gasteiger partial charge in [-0.05, 0) is 43.5 Å². The van der Waals surface area contributed by atoms with E-state index in [1.54, 1.807) is 0 Å². The van der Waals surface area contributed by atoms with Crippen molar-refractivity contribution in [1.29, 1.82) is 0 Å². The molecule has 2 saturated heterocycles. The van der Waals surface area contributed by atoms with Gasteiger partial charge in [0.25, 0.3) is 0 Å². The van der Waals surface area contributed by atoms with Crippen LogP contribution in [0.3, 0.4) is 0 Å². The Morgan fingerprint density at radius 2 is 2.07 bits per heavy atom. The third-order valence-corrected chi connectivity index (χ3v) is 6.00. The van der Waals surface area contributed by atoms with E-state index in [-0.39, 0.29) is 6.09 Å². The number of likely N-dealkylation sites (tertiary alicyclic amines) is 1. The molecule has 4 rings (SSSR count). The number of benzene rings is 1. The van der Waals surface area contributed by atoms with Crippen LogP contribution < -0.4 is 4.74 Å². The fraction of sp³-hybridized carbons (Fsp3) is 0.667. The molecule has 0 radical (unpaired) electrons. The van der Waals surface area contributed by atoms with E-state index in [4.69, 9.17) is 9.47 Å². The van der Waals surface area contributed by atoms with Gasteiger partial charge >= 0.3 is 6.09 Å². The Morgan fingerprint density at radius 1 is 1.22 bits per heavy atom. The molecule has 0 aromatic heterocycles. The van der Waals surface area contributed by atoms with Gasteiger partial charge in [-0.1, -0.05) is 12.1 Å². The molecule has 0 aliphatic carbocycles. The van der Waals surface area contributed by atoms with Crippen molar-refractivity contribution in [2.45, 2.75) is 38.8 Å². The number of piperidine rings is 1. The molecule has 0 spiro atoms. The minimum Gasteiger partial charge on any atom is -0.493 e. The summed E-state index contributed by atoms with van der Waals surface area (Å²) in [6.07, 6.45) is 3.38. The summed E-state index contributed by atoms with van der Waals surface area (Å²) in [6.45, 7) is 9.90. The van der Waals surface area contributed by atoms with E-state index < -0.39 is 0 Å². The van der Waals surface area contributed by atoms with Crippen LogP contribution >= 0.6 is 0 Å². The molecule has 1 aromatic carbocycles. The maximum atomic E-state index is 11.9. The number of ether oxygens (including phenoxy) is 2. The first-order valence-corrected chi connectivity index (χ1v) is 10.4. The molecule has 2 fully saturated rings. The Hall–Kier alpha value is -1.79. The van der Waals surface area contributed by atoms with E-state index in [1.807, 2.05) is 11.8 Å². The predicted molar refractivity (Wildman–Crippen MR) is 104 cm³/mol. The molecule has 3 aliphatic heterocycles. The molecule has 27 heavy (non-hydrogen) atoms. The Balaban J connectivity index is 1.29. The standard InChI is InChI=1S/C21H31N3O3/c1-2-26-21(25)24-11-9-23(10-12-24)19-4-3-8-22(16-19)15-17-5-6-20-18(14-17)7-13-27-20/h5-6,14,19H,2-4,7-13,15-16H2,1H3/t19-/m0/s1. The zero-order valence-electron chi connectivity index (χ0n) is 16.4. The summed E-state index contributed by atoms with van der Waals surface area (Å²) < 4.78 is 10.8. The van der Waals surface area contributed by atoms with Gasteiger partial charge in [-0.3, -0.25) is 9.80 Å². The molecule has 0 saturated carbocycles. The van der Waals surface area contributed by atoms with E-state index in [0.717, 1.165) is 58.0 Å². The summed E-state index contributed by atoms with van der Waals surface area (Å²) >= 11 is 0. The number of rotatable bonds is 4. The molecule has 1 atom stereocenters. The normalized spacial score (nSPS) is 23.7. The fourth-order valence-electron chi connectivity index (χ4n) is 4.55. The van der Waals surface area contributed by atoms with Gasteiger partial charge in [0, 0.05) is 51.7 Å². The molecular formula is C21H31N3O3. The van der Waals surface area contributed by atoms with Crippen LogP contribution in [0, 0.1) is 0 Å². The summed E-state index contributed by atoms with van der Waals surface area (Å²) in [5, 5.41) is 0. The minimum absolute atomic E-state index is 0.164. The van der Waals surface area contributed by atoms with Crippen LogP contribution in [0.2, 0.25) is 0 Å². The molecule has 1 amide bonds. The number of fused-ring (bicyclic) bond motifs is 1. The Kier molecular flexibility index (Phi) is 5.83. The topological polar surface area (TPSA) is 45.2 Å². The lowest BCUT2D eigenvalue weighted by atomic mass is 10.0. The zero-order valence-corrected chi connectivity index (χ0v) is 16.4. The predicted octanol–water partition coefficient (Wildman–Crippen LogP) is 2.36. The molecule has 0 bridgehead atoms. The smallest absolute Gasteiger partial charge is 0.409 e. The van der Waals surface area contributed by atoms with Crippen LogP contribution in [0.15, 0.2) is 18.2 Å². The quantitative estimate of drug-likeness (QED) is 0.811. The Morgan fingerprint density at radius 3 is 2.89 bits per heavy atom.